The number of ether oxygens (including phenoxy) is 2. The van der Waals surface area contributed by atoms with Gasteiger partial charge in [-0.1, -0.05) is 18.5 Å². The minimum absolute atomic E-state index is 0. The molecule has 1 aromatic carbocycles. The van der Waals surface area contributed by atoms with E-state index in [0.29, 0.717) is 48.6 Å². The fourth-order valence-corrected chi connectivity index (χ4v) is 3.35. The van der Waals surface area contributed by atoms with E-state index in [-0.39, 0.29) is 35.9 Å². The molecule has 2 rings (SSSR count). The number of halogens is 2. The van der Waals surface area contributed by atoms with Crippen LogP contribution >= 0.6 is 35.6 Å². The minimum Gasteiger partial charge on any atom is -0.493 e. The van der Waals surface area contributed by atoms with Gasteiger partial charge in [0, 0.05) is 39.1 Å². The van der Waals surface area contributed by atoms with Crippen molar-refractivity contribution >= 4 is 47.4 Å². The minimum atomic E-state index is 0. The van der Waals surface area contributed by atoms with Gasteiger partial charge in [0.25, 0.3) is 0 Å². The lowest BCUT2D eigenvalue weighted by atomic mass is 10.2. The lowest BCUT2D eigenvalue weighted by molar-refractivity contribution is -0.129. The van der Waals surface area contributed by atoms with E-state index in [0.717, 1.165) is 18.5 Å². The number of carbonyl (C=O) groups excluding carboxylic acids is 1. The Morgan fingerprint density at radius 2 is 2.14 bits per heavy atom. The van der Waals surface area contributed by atoms with Gasteiger partial charge in [-0.15, -0.1) is 24.0 Å². The Bertz CT molecular complexity index is 687. The molecule has 7 nitrogen and oxygen atoms in total. The molecule has 1 fully saturated rings. The molecule has 0 aliphatic carbocycles. The third kappa shape index (κ3) is 6.58. The van der Waals surface area contributed by atoms with Crippen molar-refractivity contribution in [3.05, 3.63) is 22.7 Å². The Hall–Kier alpha value is -1.42. The topological polar surface area (TPSA) is 75.2 Å². The molecule has 1 aliphatic rings. The molecule has 2 N–H and O–H groups in total. The number of likely N-dealkylation sites (tertiary alicyclic amines) is 1. The lowest BCUT2D eigenvalue weighted by Gasteiger charge is -2.19. The quantitative estimate of drug-likeness (QED) is 0.326. The van der Waals surface area contributed by atoms with Crippen LogP contribution in [-0.4, -0.2) is 56.7 Å². The van der Waals surface area contributed by atoms with E-state index in [1.807, 2.05) is 30.9 Å². The second-order valence-corrected chi connectivity index (χ2v) is 6.70. The number of guanidine groups is 1. The summed E-state index contributed by atoms with van der Waals surface area (Å²) in [6.45, 7) is 6.33. The normalized spacial score (nSPS) is 16.4. The maximum Gasteiger partial charge on any atom is 0.222 e. The molecule has 1 aromatic rings. The van der Waals surface area contributed by atoms with Gasteiger partial charge in [0.2, 0.25) is 5.91 Å². The largest absolute Gasteiger partial charge is 0.493 e. The number of carbonyl (C=O) groups is 1. The van der Waals surface area contributed by atoms with Crippen LogP contribution in [0.3, 0.4) is 0 Å². The smallest absolute Gasteiger partial charge is 0.222 e. The summed E-state index contributed by atoms with van der Waals surface area (Å²) in [6.07, 6.45) is 1.45. The molecule has 1 aliphatic heterocycles. The van der Waals surface area contributed by atoms with Gasteiger partial charge in [0.05, 0.1) is 18.7 Å². The molecule has 0 spiro atoms. The van der Waals surface area contributed by atoms with Crippen molar-refractivity contribution in [2.24, 2.45) is 4.99 Å². The van der Waals surface area contributed by atoms with Gasteiger partial charge in [-0.05, 0) is 31.0 Å². The second-order valence-electron chi connectivity index (χ2n) is 6.29. The second kappa shape index (κ2) is 12.2. The summed E-state index contributed by atoms with van der Waals surface area (Å²) in [5.41, 5.74) is 0.956. The van der Waals surface area contributed by atoms with Crippen LogP contribution in [0.4, 0.5) is 0 Å². The number of methoxy groups -OCH3 is 1. The van der Waals surface area contributed by atoms with E-state index < -0.39 is 0 Å². The Morgan fingerprint density at radius 1 is 1.39 bits per heavy atom. The molecule has 1 heterocycles. The molecule has 0 bridgehead atoms. The molecule has 0 radical (unpaired) electrons. The number of hydrogen-bond acceptors (Lipinski definition) is 4. The predicted molar refractivity (Wildman–Crippen MR) is 123 cm³/mol. The standard InChI is InChI=1S/C19H29ClN4O3.HI/c1-5-17(25)24-8-7-14(12-24)23-19(21-3)22-11-13-9-15(20)18(27-6-2)16(10-13)26-4;/h9-10,14H,5-8,11-12H2,1-4H3,(H2,21,22,23);1H. The van der Waals surface area contributed by atoms with Gasteiger partial charge in [-0.2, -0.15) is 0 Å². The fraction of sp³-hybridized carbons (Fsp3) is 0.579. The van der Waals surface area contributed by atoms with Gasteiger partial charge in [-0.3, -0.25) is 9.79 Å². The Kier molecular flexibility index (Phi) is 10.7. The molecular weight excluding hydrogens is 495 g/mol. The van der Waals surface area contributed by atoms with Crippen molar-refractivity contribution in [1.82, 2.24) is 15.5 Å². The van der Waals surface area contributed by atoms with E-state index in [4.69, 9.17) is 21.1 Å². The number of hydrogen-bond donors (Lipinski definition) is 2. The van der Waals surface area contributed by atoms with Crippen molar-refractivity contribution < 1.29 is 14.3 Å². The molecule has 1 saturated heterocycles. The maximum absolute atomic E-state index is 11.8. The number of amides is 1. The first kappa shape index (κ1) is 24.6. The van der Waals surface area contributed by atoms with E-state index in [9.17, 15) is 4.79 Å². The number of aliphatic imine (C=N–C) groups is 1. The Morgan fingerprint density at radius 3 is 2.75 bits per heavy atom. The first-order valence-corrected chi connectivity index (χ1v) is 9.64. The maximum atomic E-state index is 11.8. The molecule has 0 aromatic heterocycles. The molecule has 158 valence electrons. The molecule has 1 unspecified atom stereocenters. The van der Waals surface area contributed by atoms with Crippen molar-refractivity contribution in [2.75, 3.05) is 33.9 Å². The van der Waals surface area contributed by atoms with Crippen LogP contribution in [0.2, 0.25) is 5.02 Å². The van der Waals surface area contributed by atoms with Crippen molar-refractivity contribution in [2.45, 2.75) is 39.3 Å². The van der Waals surface area contributed by atoms with Crippen molar-refractivity contribution in [3.63, 3.8) is 0 Å². The SMILES string of the molecule is CCOc1c(Cl)cc(CNC(=NC)NC2CCN(C(=O)CC)C2)cc1OC.I. The molecule has 0 saturated carbocycles. The van der Waals surface area contributed by atoms with E-state index in [1.165, 1.54) is 0 Å². The number of nitrogens with one attached hydrogen (secondary N) is 2. The number of rotatable bonds is 7. The Balaban J connectivity index is 0.00000392. The van der Waals surface area contributed by atoms with Crippen molar-refractivity contribution in [3.8, 4) is 11.5 Å². The first-order valence-electron chi connectivity index (χ1n) is 9.26. The van der Waals surface area contributed by atoms with Crippen molar-refractivity contribution in [1.29, 1.82) is 0 Å². The van der Waals surface area contributed by atoms with Crippen LogP contribution in [0.25, 0.3) is 0 Å². The fourth-order valence-electron chi connectivity index (χ4n) is 3.06. The summed E-state index contributed by atoms with van der Waals surface area (Å²) in [7, 11) is 3.32. The van der Waals surface area contributed by atoms with E-state index in [1.54, 1.807) is 14.2 Å². The molecule has 1 amide bonds. The average Bonchev–Trinajstić information content (AvgIpc) is 3.14. The predicted octanol–water partition coefficient (Wildman–Crippen LogP) is 3.04. The van der Waals surface area contributed by atoms with Crippen LogP contribution < -0.4 is 20.1 Å². The molecule has 28 heavy (non-hydrogen) atoms. The van der Waals surface area contributed by atoms with Crippen LogP contribution in [-0.2, 0) is 11.3 Å². The number of benzene rings is 1. The number of nitrogens with zero attached hydrogens (tertiary/aromatic N) is 2. The highest BCUT2D eigenvalue weighted by atomic mass is 127. The summed E-state index contributed by atoms with van der Waals surface area (Å²) in [6, 6.07) is 3.95. The molecule has 9 heteroatoms. The van der Waals surface area contributed by atoms with Gasteiger partial charge in [0.1, 0.15) is 0 Å². The van der Waals surface area contributed by atoms with Crippen LogP contribution in [0.15, 0.2) is 17.1 Å². The van der Waals surface area contributed by atoms with E-state index in [2.05, 4.69) is 15.6 Å². The summed E-state index contributed by atoms with van der Waals surface area (Å²) in [5, 5.41) is 7.17. The van der Waals surface area contributed by atoms with Crippen LogP contribution in [0, 0.1) is 0 Å². The molecule has 1 atom stereocenters. The van der Waals surface area contributed by atoms with E-state index >= 15 is 0 Å². The highest BCUT2D eigenvalue weighted by Gasteiger charge is 2.25. The third-order valence-electron chi connectivity index (χ3n) is 4.45. The zero-order valence-corrected chi connectivity index (χ0v) is 20.0. The van der Waals surface area contributed by atoms with Gasteiger partial charge in [-0.25, -0.2) is 0 Å². The monoisotopic (exact) mass is 524 g/mol. The van der Waals surface area contributed by atoms with Crippen LogP contribution in [0.5, 0.6) is 11.5 Å². The van der Waals surface area contributed by atoms with Gasteiger partial charge < -0.3 is 25.0 Å². The van der Waals surface area contributed by atoms with Crippen LogP contribution in [0.1, 0.15) is 32.3 Å². The van der Waals surface area contributed by atoms with Gasteiger partial charge >= 0.3 is 0 Å². The molecular formula is C19H30ClIN4O3. The highest BCUT2D eigenvalue weighted by molar-refractivity contribution is 14.0. The summed E-state index contributed by atoms with van der Waals surface area (Å²) in [5.74, 6) is 2.04. The first-order chi connectivity index (χ1) is 13.0. The summed E-state index contributed by atoms with van der Waals surface area (Å²) in [4.78, 5) is 18.0. The van der Waals surface area contributed by atoms with Gasteiger partial charge in [0.15, 0.2) is 17.5 Å². The summed E-state index contributed by atoms with van der Waals surface area (Å²) < 4.78 is 10.9. The highest BCUT2D eigenvalue weighted by Crippen LogP contribution is 2.36. The summed E-state index contributed by atoms with van der Waals surface area (Å²) >= 11 is 6.32. The third-order valence-corrected chi connectivity index (χ3v) is 4.73. The zero-order valence-electron chi connectivity index (χ0n) is 16.9. The zero-order chi connectivity index (χ0) is 19.8. The lowest BCUT2D eigenvalue weighted by Crippen LogP contribution is -2.44. The Labute approximate surface area is 189 Å². The average molecular weight is 525 g/mol.